The summed E-state index contributed by atoms with van der Waals surface area (Å²) >= 11 is 0. The summed E-state index contributed by atoms with van der Waals surface area (Å²) in [6.07, 6.45) is 66.8. The number of hydrogen-bond acceptors (Lipinski definition) is 6. The molecule has 0 rings (SSSR count). The van der Waals surface area contributed by atoms with Crippen molar-refractivity contribution in [2.24, 2.45) is 0 Å². The Balaban J connectivity index is 4.45. The molecule has 0 amide bonds. The second kappa shape index (κ2) is 51.0. The lowest BCUT2D eigenvalue weighted by Gasteiger charge is -2.18. The van der Waals surface area contributed by atoms with Crippen LogP contribution in [-0.2, 0) is 28.6 Å². The monoisotopic (exact) mass is 875 g/mol. The highest BCUT2D eigenvalue weighted by molar-refractivity contribution is 5.71. The van der Waals surface area contributed by atoms with Crippen LogP contribution in [0.5, 0.6) is 0 Å². The zero-order valence-electron chi connectivity index (χ0n) is 40.8. The minimum Gasteiger partial charge on any atom is -0.462 e. The molecule has 358 valence electrons. The minimum atomic E-state index is -0.803. The third-order valence-electron chi connectivity index (χ3n) is 10.6. The van der Waals surface area contributed by atoms with Crippen LogP contribution < -0.4 is 0 Å². The molecule has 1 atom stereocenters. The number of allylic oxidation sites excluding steroid dienone is 16. The fourth-order valence-corrected chi connectivity index (χ4v) is 6.78. The molecule has 63 heavy (non-hydrogen) atoms. The average Bonchev–Trinajstić information content (AvgIpc) is 3.28. The molecule has 6 nitrogen and oxygen atoms in total. The SMILES string of the molecule is CC/C=C\C/C=C\C/C=C\C/C=C\CCCCCCCCC(=O)OCC(COC(=O)CCCCCCCCCCCCC)OC(=O)CCCC/C=C\C/C=C\C/C=C\C/C=C\CC. The van der Waals surface area contributed by atoms with E-state index in [1.807, 2.05) is 0 Å². The standard InChI is InChI=1S/C57H94O6/c1-4-7-10-13-16-19-22-24-26-27-28-29-31-32-35-38-41-44-47-50-56(59)62-53-54(52-61-55(58)49-46-43-40-37-34-21-18-15-12-9-6-3)63-57(60)51-48-45-42-39-36-33-30-25-23-20-17-14-11-8-5-2/h7-8,10-11,16-17,19-20,24-26,28-30,36,39,54H,4-6,9,12-15,18,21-23,27,31-35,37-38,40-53H2,1-3H3/b10-7-,11-8-,19-16-,20-17-,26-24-,29-28-,30-25-,39-36-. The molecule has 0 N–H and O–H groups in total. The van der Waals surface area contributed by atoms with E-state index in [4.69, 9.17) is 14.2 Å². The average molecular weight is 875 g/mol. The van der Waals surface area contributed by atoms with Gasteiger partial charge in [-0.3, -0.25) is 14.4 Å². The lowest BCUT2D eigenvalue weighted by atomic mass is 10.1. The number of ether oxygens (including phenoxy) is 3. The smallest absolute Gasteiger partial charge is 0.306 e. The van der Waals surface area contributed by atoms with E-state index in [-0.39, 0.29) is 37.5 Å². The van der Waals surface area contributed by atoms with Gasteiger partial charge >= 0.3 is 17.9 Å². The van der Waals surface area contributed by atoms with Gasteiger partial charge in [-0.2, -0.15) is 0 Å². The molecule has 0 aromatic rings. The number of carbonyl (C=O) groups is 3. The fraction of sp³-hybridized carbons (Fsp3) is 0.667. The first-order valence-electron chi connectivity index (χ1n) is 25.7. The molecular formula is C57H94O6. The van der Waals surface area contributed by atoms with Gasteiger partial charge in [0, 0.05) is 19.3 Å². The van der Waals surface area contributed by atoms with E-state index in [1.54, 1.807) is 0 Å². The van der Waals surface area contributed by atoms with E-state index in [0.717, 1.165) is 116 Å². The molecular weight excluding hydrogens is 781 g/mol. The predicted octanol–water partition coefficient (Wildman–Crippen LogP) is 17.0. The predicted molar refractivity (Wildman–Crippen MR) is 270 cm³/mol. The van der Waals surface area contributed by atoms with Crippen LogP contribution in [0.15, 0.2) is 97.2 Å². The van der Waals surface area contributed by atoms with Gasteiger partial charge in [-0.05, 0) is 96.3 Å². The summed E-state index contributed by atoms with van der Waals surface area (Å²) in [7, 11) is 0. The van der Waals surface area contributed by atoms with E-state index in [2.05, 4.69) is 118 Å². The number of rotatable bonds is 45. The van der Waals surface area contributed by atoms with Gasteiger partial charge in [0.05, 0.1) is 0 Å². The lowest BCUT2D eigenvalue weighted by Crippen LogP contribution is -2.30. The zero-order chi connectivity index (χ0) is 45.8. The molecule has 1 unspecified atom stereocenters. The van der Waals surface area contributed by atoms with Gasteiger partial charge in [-0.1, -0.05) is 208 Å². The Kier molecular flexibility index (Phi) is 48.0. The highest BCUT2D eigenvalue weighted by atomic mass is 16.6. The summed E-state index contributed by atoms with van der Waals surface area (Å²) in [5.41, 5.74) is 0. The molecule has 0 aromatic carbocycles. The molecule has 0 saturated carbocycles. The third-order valence-corrected chi connectivity index (χ3v) is 10.6. The number of hydrogen-bond donors (Lipinski definition) is 0. The summed E-state index contributed by atoms with van der Waals surface area (Å²) < 4.78 is 16.7. The van der Waals surface area contributed by atoms with Crippen LogP contribution in [0.3, 0.4) is 0 Å². The van der Waals surface area contributed by atoms with Crippen molar-refractivity contribution in [2.75, 3.05) is 13.2 Å². The molecule has 0 aliphatic heterocycles. The number of unbranched alkanes of at least 4 members (excludes halogenated alkanes) is 18. The first kappa shape index (κ1) is 59.3. The van der Waals surface area contributed by atoms with Crippen molar-refractivity contribution in [2.45, 2.75) is 232 Å². The number of esters is 3. The molecule has 0 spiro atoms. The largest absolute Gasteiger partial charge is 0.462 e. The molecule has 0 radical (unpaired) electrons. The molecule has 0 bridgehead atoms. The first-order valence-corrected chi connectivity index (χ1v) is 25.7. The van der Waals surface area contributed by atoms with E-state index < -0.39 is 6.10 Å². The van der Waals surface area contributed by atoms with E-state index >= 15 is 0 Å². The maximum atomic E-state index is 12.8. The fourth-order valence-electron chi connectivity index (χ4n) is 6.78. The van der Waals surface area contributed by atoms with Crippen molar-refractivity contribution < 1.29 is 28.6 Å². The van der Waals surface area contributed by atoms with Crippen molar-refractivity contribution in [3.05, 3.63) is 97.2 Å². The van der Waals surface area contributed by atoms with E-state index in [0.29, 0.717) is 19.3 Å². The molecule has 0 heterocycles. The Morgan fingerprint density at radius 3 is 1.00 bits per heavy atom. The van der Waals surface area contributed by atoms with Gasteiger partial charge < -0.3 is 14.2 Å². The van der Waals surface area contributed by atoms with Crippen LogP contribution in [-0.4, -0.2) is 37.2 Å². The van der Waals surface area contributed by atoms with Gasteiger partial charge in [-0.25, -0.2) is 0 Å². The zero-order valence-corrected chi connectivity index (χ0v) is 40.8. The maximum Gasteiger partial charge on any atom is 0.306 e. The highest BCUT2D eigenvalue weighted by Gasteiger charge is 2.19. The topological polar surface area (TPSA) is 78.9 Å². The quantitative estimate of drug-likeness (QED) is 0.0262. The summed E-state index contributed by atoms with van der Waals surface area (Å²) in [4.78, 5) is 37.9. The summed E-state index contributed by atoms with van der Waals surface area (Å²) in [6, 6.07) is 0. The van der Waals surface area contributed by atoms with Crippen LogP contribution in [0, 0.1) is 0 Å². The molecule has 6 heteroatoms. The van der Waals surface area contributed by atoms with Gasteiger partial charge in [0.25, 0.3) is 0 Å². The molecule has 0 fully saturated rings. The summed E-state index contributed by atoms with van der Waals surface area (Å²) in [5, 5.41) is 0. The normalized spacial score (nSPS) is 12.9. The summed E-state index contributed by atoms with van der Waals surface area (Å²) in [6.45, 7) is 6.35. The Bertz CT molecular complexity index is 1280. The molecule has 0 aliphatic rings. The van der Waals surface area contributed by atoms with Crippen LogP contribution >= 0.6 is 0 Å². The molecule has 0 saturated heterocycles. The van der Waals surface area contributed by atoms with Crippen molar-refractivity contribution in [3.63, 3.8) is 0 Å². The third kappa shape index (κ3) is 49.2. The Hall–Kier alpha value is -3.67. The Labute approximate surface area is 387 Å². The second-order valence-corrected chi connectivity index (χ2v) is 16.7. The lowest BCUT2D eigenvalue weighted by molar-refractivity contribution is -0.167. The minimum absolute atomic E-state index is 0.0985. The molecule has 0 aliphatic carbocycles. The van der Waals surface area contributed by atoms with Gasteiger partial charge in [0.1, 0.15) is 13.2 Å². The van der Waals surface area contributed by atoms with Crippen LogP contribution in [0.1, 0.15) is 226 Å². The van der Waals surface area contributed by atoms with Crippen LogP contribution in [0.2, 0.25) is 0 Å². The summed E-state index contributed by atoms with van der Waals surface area (Å²) in [5.74, 6) is -0.958. The van der Waals surface area contributed by atoms with E-state index in [1.165, 1.54) is 64.2 Å². The highest BCUT2D eigenvalue weighted by Crippen LogP contribution is 2.14. The van der Waals surface area contributed by atoms with Gasteiger partial charge in [-0.15, -0.1) is 0 Å². The van der Waals surface area contributed by atoms with Crippen LogP contribution in [0.25, 0.3) is 0 Å². The number of carbonyl (C=O) groups excluding carboxylic acids is 3. The Morgan fingerprint density at radius 1 is 0.333 bits per heavy atom. The van der Waals surface area contributed by atoms with Gasteiger partial charge in [0.15, 0.2) is 6.10 Å². The second-order valence-electron chi connectivity index (χ2n) is 16.7. The van der Waals surface area contributed by atoms with E-state index in [9.17, 15) is 14.4 Å². The van der Waals surface area contributed by atoms with Crippen LogP contribution in [0.4, 0.5) is 0 Å². The van der Waals surface area contributed by atoms with Crippen molar-refractivity contribution in [1.29, 1.82) is 0 Å². The van der Waals surface area contributed by atoms with Crippen molar-refractivity contribution in [1.82, 2.24) is 0 Å². The first-order chi connectivity index (χ1) is 31.0. The van der Waals surface area contributed by atoms with Crippen molar-refractivity contribution in [3.8, 4) is 0 Å². The molecule has 0 aromatic heterocycles. The Morgan fingerprint density at radius 2 is 0.619 bits per heavy atom. The van der Waals surface area contributed by atoms with Crippen molar-refractivity contribution >= 4 is 17.9 Å². The van der Waals surface area contributed by atoms with Gasteiger partial charge in [0.2, 0.25) is 0 Å². The maximum absolute atomic E-state index is 12.8.